The maximum Gasteiger partial charge on any atom is 0.319 e. The van der Waals surface area contributed by atoms with Crippen LogP contribution in [0, 0.1) is 0 Å². The van der Waals surface area contributed by atoms with E-state index >= 15 is 0 Å². The predicted molar refractivity (Wildman–Crippen MR) is 83.7 cm³/mol. The molecule has 1 atom stereocenters. The summed E-state index contributed by atoms with van der Waals surface area (Å²) in [5, 5.41) is 15.4. The van der Waals surface area contributed by atoms with Gasteiger partial charge in [-0.3, -0.25) is 0 Å². The number of carbonyl (C=O) groups excluding carboxylic acids is 1. The minimum Gasteiger partial charge on any atom is -0.391 e. The summed E-state index contributed by atoms with van der Waals surface area (Å²) in [7, 11) is 3.80. The van der Waals surface area contributed by atoms with Crippen LogP contribution >= 0.6 is 11.6 Å². The van der Waals surface area contributed by atoms with Gasteiger partial charge in [0.2, 0.25) is 0 Å². The molecule has 3 N–H and O–H groups in total. The molecule has 2 amide bonds. The molecule has 0 radical (unpaired) electrons. The zero-order valence-electron chi connectivity index (χ0n) is 12.1. The Bertz CT molecular complexity index is 452. The number of hydrogen-bond donors (Lipinski definition) is 3. The molecule has 112 valence electrons. The summed E-state index contributed by atoms with van der Waals surface area (Å²) >= 11 is 6.12. The average molecular weight is 300 g/mol. The van der Waals surface area contributed by atoms with Gasteiger partial charge in [-0.25, -0.2) is 4.79 Å². The number of aliphatic hydroxyl groups is 1. The van der Waals surface area contributed by atoms with Crippen LogP contribution in [0.15, 0.2) is 18.2 Å². The fourth-order valence-electron chi connectivity index (χ4n) is 1.77. The van der Waals surface area contributed by atoms with E-state index in [4.69, 9.17) is 11.6 Å². The van der Waals surface area contributed by atoms with E-state index in [1.807, 2.05) is 32.0 Å². The zero-order chi connectivity index (χ0) is 15.1. The Morgan fingerprint density at radius 1 is 1.45 bits per heavy atom. The highest BCUT2D eigenvalue weighted by Gasteiger charge is 2.08. The monoisotopic (exact) mass is 299 g/mol. The molecule has 1 aromatic carbocycles. The van der Waals surface area contributed by atoms with Crippen LogP contribution in [0.4, 0.5) is 16.2 Å². The summed E-state index contributed by atoms with van der Waals surface area (Å²) in [6, 6.07) is 4.96. The molecule has 0 aliphatic rings. The Kier molecular flexibility index (Phi) is 6.61. The number of benzene rings is 1. The Hall–Kier alpha value is -1.46. The van der Waals surface area contributed by atoms with E-state index in [9.17, 15) is 9.90 Å². The maximum absolute atomic E-state index is 11.7. The number of urea groups is 1. The Labute approximate surface area is 124 Å². The molecule has 0 fully saturated rings. The van der Waals surface area contributed by atoms with Crippen molar-refractivity contribution in [3.05, 3.63) is 23.2 Å². The van der Waals surface area contributed by atoms with Gasteiger partial charge in [0.1, 0.15) is 0 Å². The van der Waals surface area contributed by atoms with Crippen LogP contribution < -0.4 is 15.5 Å². The van der Waals surface area contributed by atoms with Gasteiger partial charge in [0.25, 0.3) is 0 Å². The molecule has 0 saturated heterocycles. The molecule has 0 aliphatic carbocycles. The van der Waals surface area contributed by atoms with E-state index in [0.29, 0.717) is 17.1 Å². The quantitative estimate of drug-likeness (QED) is 0.757. The minimum atomic E-state index is -0.509. The second-order valence-electron chi connectivity index (χ2n) is 4.84. The largest absolute Gasteiger partial charge is 0.391 e. The molecule has 0 saturated carbocycles. The number of nitrogens with one attached hydrogen (secondary N) is 2. The number of nitrogens with zero attached hydrogens (tertiary/aromatic N) is 1. The third-order valence-corrected chi connectivity index (χ3v) is 3.11. The first kappa shape index (κ1) is 16.6. The highest BCUT2D eigenvalue weighted by Crippen LogP contribution is 2.27. The van der Waals surface area contributed by atoms with Crippen LogP contribution in [0.5, 0.6) is 0 Å². The topological polar surface area (TPSA) is 64.6 Å². The summed E-state index contributed by atoms with van der Waals surface area (Å²) in [6.45, 7) is 2.22. The van der Waals surface area contributed by atoms with Crippen LogP contribution in [0.2, 0.25) is 5.02 Å². The molecular weight excluding hydrogens is 278 g/mol. The number of rotatable bonds is 6. The van der Waals surface area contributed by atoms with Crippen LogP contribution in [0.25, 0.3) is 0 Å². The van der Waals surface area contributed by atoms with E-state index in [-0.39, 0.29) is 12.6 Å². The molecular formula is C14H22ClN3O2. The maximum atomic E-state index is 11.7. The van der Waals surface area contributed by atoms with Gasteiger partial charge in [0.05, 0.1) is 16.8 Å². The number of anilines is 2. The van der Waals surface area contributed by atoms with E-state index in [1.54, 1.807) is 12.1 Å². The van der Waals surface area contributed by atoms with Crippen molar-refractivity contribution in [1.29, 1.82) is 0 Å². The second-order valence-corrected chi connectivity index (χ2v) is 5.25. The number of hydrogen-bond acceptors (Lipinski definition) is 3. The van der Waals surface area contributed by atoms with Crippen molar-refractivity contribution in [2.45, 2.75) is 25.9 Å². The Balaban J connectivity index is 2.52. The number of carbonyl (C=O) groups is 1. The van der Waals surface area contributed by atoms with E-state index in [2.05, 4.69) is 10.6 Å². The van der Waals surface area contributed by atoms with Crippen LogP contribution in [0.3, 0.4) is 0 Å². The number of aliphatic hydroxyl groups excluding tert-OH is 1. The Morgan fingerprint density at radius 3 is 2.70 bits per heavy atom. The molecule has 20 heavy (non-hydrogen) atoms. The highest BCUT2D eigenvalue weighted by atomic mass is 35.5. The van der Waals surface area contributed by atoms with Crippen molar-refractivity contribution in [2.75, 3.05) is 30.9 Å². The number of amides is 2. The summed E-state index contributed by atoms with van der Waals surface area (Å²) < 4.78 is 0. The van der Waals surface area contributed by atoms with Crippen molar-refractivity contribution in [2.24, 2.45) is 0 Å². The number of halogens is 1. The smallest absolute Gasteiger partial charge is 0.319 e. The van der Waals surface area contributed by atoms with E-state index < -0.39 is 6.10 Å². The summed E-state index contributed by atoms with van der Waals surface area (Å²) in [5.41, 5.74) is 1.50. The van der Waals surface area contributed by atoms with Crippen molar-refractivity contribution in [3.8, 4) is 0 Å². The van der Waals surface area contributed by atoms with Gasteiger partial charge in [-0.1, -0.05) is 24.9 Å². The summed E-state index contributed by atoms with van der Waals surface area (Å²) in [5.74, 6) is 0. The highest BCUT2D eigenvalue weighted by molar-refractivity contribution is 6.33. The first-order valence-electron chi connectivity index (χ1n) is 6.63. The molecule has 0 spiro atoms. The first-order valence-corrected chi connectivity index (χ1v) is 7.01. The molecule has 5 nitrogen and oxygen atoms in total. The van der Waals surface area contributed by atoms with Crippen LogP contribution in [0.1, 0.15) is 19.8 Å². The lowest BCUT2D eigenvalue weighted by molar-refractivity contribution is 0.162. The molecule has 0 bridgehead atoms. The molecule has 1 aromatic rings. The fourth-order valence-corrected chi connectivity index (χ4v) is 2.12. The Morgan fingerprint density at radius 2 is 2.15 bits per heavy atom. The summed E-state index contributed by atoms with van der Waals surface area (Å²) in [6.07, 6.45) is 1.04. The second kappa shape index (κ2) is 7.97. The molecule has 0 aromatic heterocycles. The van der Waals surface area contributed by atoms with Crippen LogP contribution in [-0.4, -0.2) is 37.9 Å². The van der Waals surface area contributed by atoms with Gasteiger partial charge in [0, 0.05) is 26.3 Å². The van der Waals surface area contributed by atoms with Gasteiger partial charge in [-0.15, -0.1) is 0 Å². The zero-order valence-corrected chi connectivity index (χ0v) is 12.9. The van der Waals surface area contributed by atoms with Crippen molar-refractivity contribution < 1.29 is 9.90 Å². The third-order valence-electron chi connectivity index (χ3n) is 2.81. The van der Waals surface area contributed by atoms with E-state index in [1.165, 1.54) is 0 Å². The van der Waals surface area contributed by atoms with Crippen molar-refractivity contribution in [1.82, 2.24) is 5.32 Å². The van der Waals surface area contributed by atoms with Gasteiger partial charge >= 0.3 is 6.03 Å². The van der Waals surface area contributed by atoms with Gasteiger partial charge in [0.15, 0.2) is 0 Å². The molecule has 1 rings (SSSR count). The fraction of sp³-hybridized carbons (Fsp3) is 0.500. The minimum absolute atomic E-state index is 0.239. The predicted octanol–water partition coefficient (Wildman–Crippen LogP) is 2.69. The van der Waals surface area contributed by atoms with Gasteiger partial charge < -0.3 is 20.6 Å². The molecule has 6 heteroatoms. The first-order chi connectivity index (χ1) is 9.43. The van der Waals surface area contributed by atoms with Gasteiger partial charge in [-0.05, 0) is 24.6 Å². The van der Waals surface area contributed by atoms with Gasteiger partial charge in [-0.2, -0.15) is 0 Å². The molecule has 0 aliphatic heterocycles. The normalized spacial score (nSPS) is 11.8. The lowest BCUT2D eigenvalue weighted by Gasteiger charge is -2.16. The van der Waals surface area contributed by atoms with E-state index in [0.717, 1.165) is 12.1 Å². The lowest BCUT2D eigenvalue weighted by atomic mass is 10.2. The van der Waals surface area contributed by atoms with Crippen LogP contribution in [-0.2, 0) is 0 Å². The molecule has 0 heterocycles. The lowest BCUT2D eigenvalue weighted by Crippen LogP contribution is -2.35. The average Bonchev–Trinajstić information content (AvgIpc) is 2.36. The van der Waals surface area contributed by atoms with Crippen molar-refractivity contribution in [3.63, 3.8) is 0 Å². The standard InChI is InChI=1S/C14H22ClN3O2/c1-4-5-11(19)9-16-14(20)17-10-6-7-13(18(2)3)12(15)8-10/h6-8,11,19H,4-5,9H2,1-3H3,(H2,16,17,20). The van der Waals surface area contributed by atoms with Crippen molar-refractivity contribution >= 4 is 29.0 Å². The summed E-state index contributed by atoms with van der Waals surface area (Å²) in [4.78, 5) is 13.6. The molecule has 1 unspecified atom stereocenters. The SMILES string of the molecule is CCCC(O)CNC(=O)Nc1ccc(N(C)C)c(Cl)c1. The third kappa shape index (κ3) is 5.27.